The molecule has 0 spiro atoms. The van der Waals surface area contributed by atoms with E-state index in [4.69, 9.17) is 24.0 Å². The van der Waals surface area contributed by atoms with Gasteiger partial charge in [-0.2, -0.15) is 4.98 Å². The minimum atomic E-state index is -0.0650. The van der Waals surface area contributed by atoms with Crippen LogP contribution in [0.15, 0.2) is 47.0 Å². The van der Waals surface area contributed by atoms with Crippen molar-refractivity contribution in [1.82, 2.24) is 20.1 Å². The number of amides is 1. The molecule has 174 valence electrons. The third-order valence-corrected chi connectivity index (χ3v) is 5.77. The number of methoxy groups -OCH3 is 2. The standard InChI is InChI=1S/C24H24N6O4/c1-29-12-13-30(24-23(29)25-16-6-4-5-7-17(16)26-24)21(31)11-10-20-27-22(28-34-20)15-8-9-18(32-2)19(14-15)33-3/h4-9,14H,10-13H2,1-3H3. The number of aryl methyl sites for hydroxylation is 1. The second-order valence-corrected chi connectivity index (χ2v) is 7.91. The number of hydrogen-bond acceptors (Lipinski definition) is 9. The molecule has 34 heavy (non-hydrogen) atoms. The van der Waals surface area contributed by atoms with E-state index in [1.165, 1.54) is 0 Å². The normalized spacial score (nSPS) is 13.1. The van der Waals surface area contributed by atoms with Gasteiger partial charge in [-0.25, -0.2) is 9.97 Å². The Bertz CT molecular complexity index is 1350. The van der Waals surface area contributed by atoms with E-state index in [1.807, 2.05) is 42.3 Å². The van der Waals surface area contributed by atoms with Gasteiger partial charge in [-0.05, 0) is 30.3 Å². The van der Waals surface area contributed by atoms with Crippen molar-refractivity contribution >= 4 is 28.6 Å². The Morgan fingerprint density at radius 3 is 2.44 bits per heavy atom. The van der Waals surface area contributed by atoms with Crippen molar-refractivity contribution in [2.75, 3.05) is 44.2 Å². The summed E-state index contributed by atoms with van der Waals surface area (Å²) in [5, 5.41) is 4.05. The molecule has 0 atom stereocenters. The fraction of sp³-hybridized carbons (Fsp3) is 0.292. The van der Waals surface area contributed by atoms with E-state index in [9.17, 15) is 4.79 Å². The summed E-state index contributed by atoms with van der Waals surface area (Å²) < 4.78 is 16.0. The Morgan fingerprint density at radius 2 is 1.71 bits per heavy atom. The van der Waals surface area contributed by atoms with Gasteiger partial charge in [0.05, 0.1) is 25.3 Å². The van der Waals surface area contributed by atoms with Gasteiger partial charge in [-0.1, -0.05) is 17.3 Å². The van der Waals surface area contributed by atoms with Crippen LogP contribution in [0, 0.1) is 0 Å². The number of benzene rings is 2. The number of para-hydroxylation sites is 2. The smallest absolute Gasteiger partial charge is 0.228 e. The first-order valence-electron chi connectivity index (χ1n) is 10.9. The molecular formula is C24H24N6O4. The second-order valence-electron chi connectivity index (χ2n) is 7.91. The van der Waals surface area contributed by atoms with Crippen LogP contribution in [0.2, 0.25) is 0 Å². The summed E-state index contributed by atoms with van der Waals surface area (Å²) in [4.78, 5) is 30.7. The molecule has 1 aliphatic rings. The average molecular weight is 460 g/mol. The quantitative estimate of drug-likeness (QED) is 0.429. The Balaban J connectivity index is 1.32. The molecule has 0 radical (unpaired) electrons. The predicted molar refractivity (Wildman–Crippen MR) is 126 cm³/mol. The SMILES string of the molecule is COc1ccc(-c2noc(CCC(=O)N3CCN(C)c4nc5ccccc5nc43)n2)cc1OC. The zero-order chi connectivity index (χ0) is 23.7. The summed E-state index contributed by atoms with van der Waals surface area (Å²) in [5.41, 5.74) is 2.29. The Hall–Kier alpha value is -4.21. The first kappa shape index (κ1) is 21.6. The molecule has 0 saturated carbocycles. The van der Waals surface area contributed by atoms with Gasteiger partial charge < -0.3 is 18.9 Å². The molecule has 0 saturated heterocycles. The molecule has 3 heterocycles. The number of carbonyl (C=O) groups is 1. The largest absolute Gasteiger partial charge is 0.493 e. The molecule has 4 aromatic rings. The van der Waals surface area contributed by atoms with Crippen LogP contribution in [0.4, 0.5) is 11.6 Å². The molecule has 0 bridgehead atoms. The van der Waals surface area contributed by atoms with Crippen LogP contribution in [0.25, 0.3) is 22.4 Å². The summed E-state index contributed by atoms with van der Waals surface area (Å²) in [6.45, 7) is 1.21. The second kappa shape index (κ2) is 8.97. The summed E-state index contributed by atoms with van der Waals surface area (Å²) in [5.74, 6) is 3.21. The summed E-state index contributed by atoms with van der Waals surface area (Å²) in [6, 6.07) is 13.0. The van der Waals surface area contributed by atoms with Gasteiger partial charge >= 0.3 is 0 Å². The van der Waals surface area contributed by atoms with E-state index < -0.39 is 0 Å². The lowest BCUT2D eigenvalue weighted by molar-refractivity contribution is -0.118. The van der Waals surface area contributed by atoms with Gasteiger partial charge in [0.1, 0.15) is 0 Å². The molecule has 0 aliphatic carbocycles. The van der Waals surface area contributed by atoms with Gasteiger partial charge in [-0.15, -0.1) is 0 Å². The van der Waals surface area contributed by atoms with Gasteiger partial charge in [0.25, 0.3) is 0 Å². The van der Waals surface area contributed by atoms with Crippen molar-refractivity contribution in [3.05, 3.63) is 48.4 Å². The molecule has 0 unspecified atom stereocenters. The van der Waals surface area contributed by atoms with Crippen molar-refractivity contribution < 1.29 is 18.8 Å². The van der Waals surface area contributed by atoms with Crippen LogP contribution in [0.5, 0.6) is 11.5 Å². The third kappa shape index (κ3) is 3.98. The number of fused-ring (bicyclic) bond motifs is 2. The van der Waals surface area contributed by atoms with Crippen LogP contribution in [-0.4, -0.2) is 60.4 Å². The molecular weight excluding hydrogens is 436 g/mol. The minimum absolute atomic E-state index is 0.0650. The highest BCUT2D eigenvalue weighted by Crippen LogP contribution is 2.32. The topological polar surface area (TPSA) is 107 Å². The third-order valence-electron chi connectivity index (χ3n) is 5.77. The maximum Gasteiger partial charge on any atom is 0.228 e. The van der Waals surface area contributed by atoms with Crippen molar-refractivity contribution in [2.24, 2.45) is 0 Å². The first-order valence-corrected chi connectivity index (χ1v) is 10.9. The molecule has 2 aromatic carbocycles. The number of anilines is 2. The fourth-order valence-electron chi connectivity index (χ4n) is 3.92. The van der Waals surface area contributed by atoms with E-state index in [1.54, 1.807) is 31.3 Å². The Labute approximate surface area is 196 Å². The molecule has 10 heteroatoms. The van der Waals surface area contributed by atoms with E-state index in [0.29, 0.717) is 54.4 Å². The van der Waals surface area contributed by atoms with Crippen LogP contribution in [-0.2, 0) is 11.2 Å². The number of nitrogens with zero attached hydrogens (tertiary/aromatic N) is 6. The van der Waals surface area contributed by atoms with Crippen LogP contribution < -0.4 is 19.3 Å². The average Bonchev–Trinajstić information content (AvgIpc) is 3.35. The summed E-state index contributed by atoms with van der Waals surface area (Å²) >= 11 is 0. The number of hydrogen-bond donors (Lipinski definition) is 0. The molecule has 0 N–H and O–H groups in total. The number of carbonyl (C=O) groups excluding carboxylic acids is 1. The van der Waals surface area contributed by atoms with E-state index >= 15 is 0 Å². The highest BCUT2D eigenvalue weighted by atomic mass is 16.5. The summed E-state index contributed by atoms with van der Waals surface area (Å²) in [6.07, 6.45) is 0.535. The first-order chi connectivity index (χ1) is 16.6. The number of likely N-dealkylation sites (N-methyl/N-ethyl adjacent to an activating group) is 1. The van der Waals surface area contributed by atoms with Crippen molar-refractivity contribution in [1.29, 1.82) is 0 Å². The zero-order valence-corrected chi connectivity index (χ0v) is 19.2. The Kier molecular flexibility index (Phi) is 5.70. The molecule has 10 nitrogen and oxygen atoms in total. The Morgan fingerprint density at radius 1 is 0.971 bits per heavy atom. The summed E-state index contributed by atoms with van der Waals surface area (Å²) in [7, 11) is 5.10. The van der Waals surface area contributed by atoms with Crippen LogP contribution >= 0.6 is 0 Å². The maximum atomic E-state index is 13.1. The fourth-order valence-corrected chi connectivity index (χ4v) is 3.92. The van der Waals surface area contributed by atoms with Gasteiger partial charge in [0, 0.05) is 38.5 Å². The number of rotatable bonds is 6. The molecule has 2 aromatic heterocycles. The van der Waals surface area contributed by atoms with E-state index in [0.717, 1.165) is 16.6 Å². The van der Waals surface area contributed by atoms with Crippen molar-refractivity contribution in [3.63, 3.8) is 0 Å². The zero-order valence-electron chi connectivity index (χ0n) is 19.2. The minimum Gasteiger partial charge on any atom is -0.493 e. The van der Waals surface area contributed by atoms with Gasteiger partial charge in [0.15, 0.2) is 23.1 Å². The lowest BCUT2D eigenvalue weighted by Gasteiger charge is -2.33. The highest BCUT2D eigenvalue weighted by Gasteiger charge is 2.28. The monoisotopic (exact) mass is 460 g/mol. The predicted octanol–water partition coefficient (Wildman–Crippen LogP) is 3.11. The van der Waals surface area contributed by atoms with Crippen LogP contribution in [0.3, 0.4) is 0 Å². The van der Waals surface area contributed by atoms with Crippen molar-refractivity contribution in [2.45, 2.75) is 12.8 Å². The molecule has 1 aliphatic heterocycles. The highest BCUT2D eigenvalue weighted by molar-refractivity contribution is 5.97. The maximum absolute atomic E-state index is 13.1. The van der Waals surface area contributed by atoms with Crippen molar-refractivity contribution in [3.8, 4) is 22.9 Å². The van der Waals surface area contributed by atoms with E-state index in [-0.39, 0.29) is 12.3 Å². The number of ether oxygens (including phenoxy) is 2. The lowest BCUT2D eigenvalue weighted by atomic mass is 10.2. The molecule has 5 rings (SSSR count). The van der Waals surface area contributed by atoms with Gasteiger partial charge in [-0.3, -0.25) is 9.69 Å². The molecule has 0 fully saturated rings. The molecule has 1 amide bonds. The lowest BCUT2D eigenvalue weighted by Crippen LogP contribution is -2.43. The van der Waals surface area contributed by atoms with Gasteiger partial charge in [0.2, 0.25) is 17.6 Å². The van der Waals surface area contributed by atoms with E-state index in [2.05, 4.69) is 10.1 Å². The number of aromatic nitrogens is 4. The van der Waals surface area contributed by atoms with Crippen LogP contribution in [0.1, 0.15) is 12.3 Å².